The van der Waals surface area contributed by atoms with E-state index in [2.05, 4.69) is 5.32 Å². The first kappa shape index (κ1) is 12.3. The van der Waals surface area contributed by atoms with Gasteiger partial charge in [0.05, 0.1) is 19.8 Å². The average molecular weight is 243 g/mol. The Balaban J connectivity index is 1.97. The zero-order valence-electron chi connectivity index (χ0n) is 9.77. The molecule has 1 aliphatic heterocycles. The summed E-state index contributed by atoms with van der Waals surface area (Å²) in [6.07, 6.45) is 0.983. The molecule has 2 fully saturated rings. The van der Waals surface area contributed by atoms with Crippen LogP contribution in [-0.4, -0.2) is 48.4 Å². The number of nitrogens with one attached hydrogen (secondary N) is 1. The predicted molar refractivity (Wildman–Crippen MR) is 57.5 cm³/mol. The first-order valence-electron chi connectivity index (χ1n) is 5.79. The average Bonchev–Trinajstić information content (AvgIpc) is 3.13. The highest BCUT2D eigenvalue weighted by atomic mass is 16.6. The van der Waals surface area contributed by atoms with Crippen LogP contribution in [0.25, 0.3) is 0 Å². The number of carboxylic acid groups (broad SMARTS) is 1. The molecule has 0 unspecified atom stereocenters. The lowest BCUT2D eigenvalue weighted by molar-refractivity contribution is -0.156. The fourth-order valence-corrected chi connectivity index (χ4v) is 1.97. The van der Waals surface area contributed by atoms with Crippen molar-refractivity contribution in [3.05, 3.63) is 0 Å². The zero-order valence-corrected chi connectivity index (χ0v) is 9.77. The quantitative estimate of drug-likeness (QED) is 0.712. The summed E-state index contributed by atoms with van der Waals surface area (Å²) in [6.45, 7) is 2.58. The van der Waals surface area contributed by atoms with E-state index >= 15 is 0 Å². The minimum atomic E-state index is -1.18. The van der Waals surface area contributed by atoms with Crippen LogP contribution in [0.4, 0.5) is 0 Å². The van der Waals surface area contributed by atoms with Crippen LogP contribution in [0.15, 0.2) is 0 Å². The Bertz CT molecular complexity index is 322. The van der Waals surface area contributed by atoms with Crippen LogP contribution in [0, 0.1) is 5.92 Å². The fourth-order valence-electron chi connectivity index (χ4n) is 1.97. The number of carbonyl (C=O) groups is 2. The molecule has 0 bridgehead atoms. The third-order valence-electron chi connectivity index (χ3n) is 3.33. The van der Waals surface area contributed by atoms with Gasteiger partial charge < -0.3 is 19.9 Å². The second-order valence-corrected chi connectivity index (χ2v) is 4.71. The Morgan fingerprint density at radius 1 is 1.35 bits per heavy atom. The SMILES string of the molecule is C[C@@](NC(=O)[C@@H]1COCCO1)(C(=O)O)C1CC1. The summed E-state index contributed by atoms with van der Waals surface area (Å²) < 4.78 is 10.4. The van der Waals surface area contributed by atoms with Gasteiger partial charge in [0, 0.05) is 0 Å². The molecule has 2 atom stereocenters. The van der Waals surface area contributed by atoms with Gasteiger partial charge in [-0.1, -0.05) is 0 Å². The molecule has 1 saturated heterocycles. The van der Waals surface area contributed by atoms with Crippen molar-refractivity contribution in [2.75, 3.05) is 19.8 Å². The maximum absolute atomic E-state index is 11.9. The van der Waals surface area contributed by atoms with Gasteiger partial charge in [-0.25, -0.2) is 4.79 Å². The lowest BCUT2D eigenvalue weighted by Crippen LogP contribution is -2.58. The Kier molecular flexibility index (Phi) is 3.35. The fraction of sp³-hybridized carbons (Fsp3) is 0.818. The number of amides is 1. The van der Waals surface area contributed by atoms with E-state index in [4.69, 9.17) is 9.47 Å². The summed E-state index contributed by atoms with van der Waals surface area (Å²) >= 11 is 0. The molecule has 0 radical (unpaired) electrons. The maximum atomic E-state index is 11.9. The molecule has 96 valence electrons. The van der Waals surface area contributed by atoms with Gasteiger partial charge in [0.25, 0.3) is 5.91 Å². The highest BCUT2D eigenvalue weighted by Gasteiger charge is 2.49. The Morgan fingerprint density at radius 3 is 2.53 bits per heavy atom. The van der Waals surface area contributed by atoms with Gasteiger partial charge in [-0.05, 0) is 25.7 Å². The standard InChI is InChI=1S/C11H17NO5/c1-11(10(14)15,7-2-3-7)12-9(13)8-6-16-4-5-17-8/h7-8H,2-6H2,1H3,(H,12,13)(H,14,15)/t8-,11-/m0/s1. The number of rotatable bonds is 4. The van der Waals surface area contributed by atoms with Crippen LogP contribution in [0.5, 0.6) is 0 Å². The molecule has 1 saturated carbocycles. The summed E-state index contributed by atoms with van der Waals surface area (Å²) in [5, 5.41) is 11.8. The topological polar surface area (TPSA) is 84.9 Å². The minimum Gasteiger partial charge on any atom is -0.480 e. The first-order valence-corrected chi connectivity index (χ1v) is 5.79. The molecule has 1 aliphatic carbocycles. The summed E-state index contributed by atoms with van der Waals surface area (Å²) in [5.41, 5.74) is -1.18. The van der Waals surface area contributed by atoms with Gasteiger partial charge in [-0.15, -0.1) is 0 Å². The molecular weight excluding hydrogens is 226 g/mol. The van der Waals surface area contributed by atoms with E-state index in [0.717, 1.165) is 12.8 Å². The van der Waals surface area contributed by atoms with E-state index in [1.807, 2.05) is 0 Å². The molecule has 0 aromatic heterocycles. The van der Waals surface area contributed by atoms with Crippen LogP contribution in [0.1, 0.15) is 19.8 Å². The van der Waals surface area contributed by atoms with Gasteiger partial charge in [-0.3, -0.25) is 4.79 Å². The van der Waals surface area contributed by atoms with Crippen molar-refractivity contribution >= 4 is 11.9 Å². The zero-order chi connectivity index (χ0) is 12.5. The molecule has 17 heavy (non-hydrogen) atoms. The van der Waals surface area contributed by atoms with Crippen molar-refractivity contribution in [2.24, 2.45) is 5.92 Å². The van der Waals surface area contributed by atoms with Gasteiger partial charge in [0.1, 0.15) is 5.54 Å². The largest absolute Gasteiger partial charge is 0.480 e. The van der Waals surface area contributed by atoms with E-state index in [9.17, 15) is 14.7 Å². The Hall–Kier alpha value is -1.14. The smallest absolute Gasteiger partial charge is 0.329 e. The van der Waals surface area contributed by atoms with Crippen molar-refractivity contribution in [3.8, 4) is 0 Å². The molecule has 1 heterocycles. The summed E-state index contributed by atoms with van der Waals surface area (Å²) in [5.74, 6) is -1.37. The molecule has 6 heteroatoms. The molecule has 0 aromatic rings. The number of aliphatic carboxylic acids is 1. The Labute approximate surface area is 99.3 Å². The van der Waals surface area contributed by atoms with Gasteiger partial charge in [0.2, 0.25) is 0 Å². The molecular formula is C11H17NO5. The maximum Gasteiger partial charge on any atom is 0.329 e. The third kappa shape index (κ3) is 2.58. The van der Waals surface area contributed by atoms with E-state index in [1.54, 1.807) is 6.92 Å². The molecule has 2 N–H and O–H groups in total. The van der Waals surface area contributed by atoms with Crippen LogP contribution < -0.4 is 5.32 Å². The van der Waals surface area contributed by atoms with Crippen LogP contribution >= 0.6 is 0 Å². The molecule has 2 aliphatic rings. The van der Waals surface area contributed by atoms with Gasteiger partial charge in [-0.2, -0.15) is 0 Å². The highest BCUT2D eigenvalue weighted by Crippen LogP contribution is 2.39. The highest BCUT2D eigenvalue weighted by molar-refractivity contribution is 5.89. The molecule has 0 aromatic carbocycles. The van der Waals surface area contributed by atoms with Crippen LogP contribution in [0.2, 0.25) is 0 Å². The lowest BCUT2D eigenvalue weighted by atomic mass is 9.95. The van der Waals surface area contributed by atoms with Crippen LogP contribution in [0.3, 0.4) is 0 Å². The van der Waals surface area contributed by atoms with E-state index < -0.39 is 23.5 Å². The lowest BCUT2D eigenvalue weighted by Gasteiger charge is -2.29. The Morgan fingerprint density at radius 2 is 2.06 bits per heavy atom. The number of carbonyl (C=O) groups excluding carboxylic acids is 1. The number of hydrogen-bond acceptors (Lipinski definition) is 4. The minimum absolute atomic E-state index is 0.0217. The number of ether oxygens (including phenoxy) is 2. The van der Waals surface area contributed by atoms with E-state index in [0.29, 0.717) is 13.2 Å². The molecule has 1 amide bonds. The predicted octanol–water partition coefficient (Wildman–Crippen LogP) is -0.229. The van der Waals surface area contributed by atoms with Crippen molar-refractivity contribution in [1.82, 2.24) is 5.32 Å². The number of carboxylic acids is 1. The van der Waals surface area contributed by atoms with E-state index in [1.165, 1.54) is 0 Å². The summed E-state index contributed by atoms with van der Waals surface area (Å²) in [7, 11) is 0. The van der Waals surface area contributed by atoms with Crippen molar-refractivity contribution in [2.45, 2.75) is 31.4 Å². The second-order valence-electron chi connectivity index (χ2n) is 4.71. The molecule has 6 nitrogen and oxygen atoms in total. The third-order valence-corrected chi connectivity index (χ3v) is 3.33. The monoisotopic (exact) mass is 243 g/mol. The van der Waals surface area contributed by atoms with Crippen LogP contribution in [-0.2, 0) is 19.1 Å². The molecule has 2 rings (SSSR count). The van der Waals surface area contributed by atoms with Crippen molar-refractivity contribution in [3.63, 3.8) is 0 Å². The summed E-state index contributed by atoms with van der Waals surface area (Å²) in [4.78, 5) is 23.1. The first-order chi connectivity index (χ1) is 8.04. The summed E-state index contributed by atoms with van der Waals surface area (Å²) in [6, 6.07) is 0. The normalized spacial score (nSPS) is 28.2. The van der Waals surface area contributed by atoms with E-state index in [-0.39, 0.29) is 12.5 Å². The van der Waals surface area contributed by atoms with Gasteiger partial charge >= 0.3 is 5.97 Å². The van der Waals surface area contributed by atoms with Gasteiger partial charge in [0.15, 0.2) is 6.10 Å². The van der Waals surface area contributed by atoms with Crippen molar-refractivity contribution < 1.29 is 24.2 Å². The number of hydrogen-bond donors (Lipinski definition) is 2. The second kappa shape index (κ2) is 4.62. The van der Waals surface area contributed by atoms with Crippen molar-refractivity contribution in [1.29, 1.82) is 0 Å². The molecule has 0 spiro atoms.